The highest BCUT2D eigenvalue weighted by molar-refractivity contribution is 6.06. The summed E-state index contributed by atoms with van der Waals surface area (Å²) in [4.78, 5) is 21.4. The smallest absolute Gasteiger partial charge is 0.258 e. The summed E-state index contributed by atoms with van der Waals surface area (Å²) in [7, 11) is 2.08. The summed E-state index contributed by atoms with van der Waals surface area (Å²) in [5.41, 5.74) is 2.57. The Labute approximate surface area is 123 Å². The second-order valence-electron chi connectivity index (χ2n) is 5.87. The van der Waals surface area contributed by atoms with Crippen molar-refractivity contribution in [2.45, 2.75) is 26.8 Å². The lowest BCUT2D eigenvalue weighted by Crippen LogP contribution is -2.52. The second kappa shape index (κ2) is 5.11. The van der Waals surface area contributed by atoms with Gasteiger partial charge in [-0.25, -0.2) is 4.98 Å². The van der Waals surface area contributed by atoms with Gasteiger partial charge in [-0.1, -0.05) is 5.16 Å². The highest BCUT2D eigenvalue weighted by atomic mass is 16.5. The van der Waals surface area contributed by atoms with Gasteiger partial charge in [-0.05, 0) is 33.9 Å². The number of carbonyl (C=O) groups excluding carboxylic acids is 1. The van der Waals surface area contributed by atoms with Crippen LogP contribution in [0.15, 0.2) is 10.6 Å². The number of hydrogen-bond acceptors (Lipinski definition) is 5. The van der Waals surface area contributed by atoms with Gasteiger partial charge in [0.2, 0.25) is 0 Å². The number of piperazine rings is 1. The monoisotopic (exact) mass is 288 g/mol. The maximum atomic E-state index is 12.9. The quantitative estimate of drug-likeness (QED) is 0.798. The first kappa shape index (κ1) is 14.0. The first-order chi connectivity index (χ1) is 9.97. The Kier molecular flexibility index (Phi) is 3.41. The van der Waals surface area contributed by atoms with E-state index >= 15 is 0 Å². The molecule has 0 N–H and O–H groups in total. The third-order valence-corrected chi connectivity index (χ3v) is 4.07. The Morgan fingerprint density at radius 2 is 2.14 bits per heavy atom. The normalized spacial score (nSPS) is 20.2. The van der Waals surface area contributed by atoms with Crippen molar-refractivity contribution in [3.63, 3.8) is 0 Å². The summed E-state index contributed by atoms with van der Waals surface area (Å²) in [5, 5.41) is 4.67. The number of pyridine rings is 1. The predicted molar refractivity (Wildman–Crippen MR) is 79.3 cm³/mol. The van der Waals surface area contributed by atoms with Gasteiger partial charge in [0.15, 0.2) is 0 Å². The second-order valence-corrected chi connectivity index (χ2v) is 5.87. The summed E-state index contributed by atoms with van der Waals surface area (Å²) in [6, 6.07) is 2.03. The fraction of sp³-hybridized carbons (Fsp3) is 0.533. The Bertz CT molecular complexity index is 694. The maximum absolute atomic E-state index is 12.9. The highest BCUT2D eigenvalue weighted by Crippen LogP contribution is 2.24. The minimum absolute atomic E-state index is 0.0393. The molecule has 1 aliphatic rings. The molecule has 1 saturated heterocycles. The topological polar surface area (TPSA) is 62.5 Å². The van der Waals surface area contributed by atoms with Crippen LogP contribution in [-0.2, 0) is 0 Å². The SMILES string of the molecule is Cc1cc(C(=O)N2CCN(C)C[C@@H]2C)c2c(C)noc2n1. The van der Waals surface area contributed by atoms with Gasteiger partial charge in [-0.2, -0.15) is 0 Å². The molecule has 1 aliphatic heterocycles. The molecule has 6 nitrogen and oxygen atoms in total. The molecule has 0 saturated carbocycles. The number of carbonyl (C=O) groups is 1. The Morgan fingerprint density at radius 1 is 1.38 bits per heavy atom. The summed E-state index contributed by atoms with van der Waals surface area (Å²) >= 11 is 0. The fourth-order valence-corrected chi connectivity index (χ4v) is 2.98. The number of aromatic nitrogens is 2. The molecule has 1 amide bonds. The molecule has 6 heteroatoms. The molecule has 0 unspecified atom stereocenters. The Balaban J connectivity index is 2.03. The van der Waals surface area contributed by atoms with E-state index in [0.717, 1.165) is 30.7 Å². The van der Waals surface area contributed by atoms with Crippen molar-refractivity contribution >= 4 is 17.0 Å². The van der Waals surface area contributed by atoms with Gasteiger partial charge in [-0.3, -0.25) is 4.79 Å². The molecule has 3 rings (SSSR count). The van der Waals surface area contributed by atoms with Gasteiger partial charge in [0.1, 0.15) is 0 Å². The lowest BCUT2D eigenvalue weighted by atomic mass is 10.1. The van der Waals surface area contributed by atoms with Crippen molar-refractivity contribution in [1.82, 2.24) is 19.9 Å². The number of hydrogen-bond donors (Lipinski definition) is 0. The molecular weight excluding hydrogens is 268 g/mol. The third-order valence-electron chi connectivity index (χ3n) is 4.07. The molecule has 2 aromatic rings. The van der Waals surface area contributed by atoms with Gasteiger partial charge < -0.3 is 14.3 Å². The molecule has 0 radical (unpaired) electrons. The van der Waals surface area contributed by atoms with Crippen LogP contribution >= 0.6 is 0 Å². The van der Waals surface area contributed by atoms with Crippen LogP contribution in [0.2, 0.25) is 0 Å². The maximum Gasteiger partial charge on any atom is 0.258 e. The number of nitrogens with zero attached hydrogens (tertiary/aromatic N) is 4. The van der Waals surface area contributed by atoms with E-state index < -0.39 is 0 Å². The average molecular weight is 288 g/mol. The van der Waals surface area contributed by atoms with Crippen molar-refractivity contribution in [3.8, 4) is 0 Å². The van der Waals surface area contributed by atoms with E-state index in [1.807, 2.05) is 24.8 Å². The molecule has 21 heavy (non-hydrogen) atoms. The zero-order valence-corrected chi connectivity index (χ0v) is 12.9. The average Bonchev–Trinajstić information content (AvgIpc) is 2.78. The number of aryl methyl sites for hydroxylation is 2. The first-order valence-electron chi connectivity index (χ1n) is 7.20. The van der Waals surface area contributed by atoms with Crippen LogP contribution in [0.4, 0.5) is 0 Å². The minimum Gasteiger partial charge on any atom is -0.336 e. The number of amides is 1. The van der Waals surface area contributed by atoms with Gasteiger partial charge in [0, 0.05) is 31.4 Å². The van der Waals surface area contributed by atoms with Crippen LogP contribution in [0, 0.1) is 13.8 Å². The first-order valence-corrected chi connectivity index (χ1v) is 7.20. The van der Waals surface area contributed by atoms with Crippen LogP contribution < -0.4 is 0 Å². The molecule has 2 aromatic heterocycles. The van der Waals surface area contributed by atoms with Crippen LogP contribution in [0.1, 0.15) is 28.7 Å². The molecule has 0 aromatic carbocycles. The van der Waals surface area contributed by atoms with E-state index in [1.54, 1.807) is 0 Å². The summed E-state index contributed by atoms with van der Waals surface area (Å²) < 4.78 is 5.21. The van der Waals surface area contributed by atoms with Crippen molar-refractivity contribution in [3.05, 3.63) is 23.0 Å². The molecule has 1 atom stereocenters. The largest absolute Gasteiger partial charge is 0.336 e. The molecule has 0 spiro atoms. The van der Waals surface area contributed by atoms with Gasteiger partial charge in [-0.15, -0.1) is 0 Å². The number of rotatable bonds is 1. The number of likely N-dealkylation sites (N-methyl/N-ethyl adjacent to an activating group) is 1. The van der Waals surface area contributed by atoms with E-state index in [4.69, 9.17) is 4.52 Å². The Morgan fingerprint density at radius 3 is 2.86 bits per heavy atom. The zero-order valence-electron chi connectivity index (χ0n) is 12.9. The lowest BCUT2D eigenvalue weighted by molar-refractivity contribution is 0.0535. The van der Waals surface area contributed by atoms with Crippen molar-refractivity contribution < 1.29 is 9.32 Å². The van der Waals surface area contributed by atoms with Crippen LogP contribution in [-0.4, -0.2) is 58.6 Å². The summed E-state index contributed by atoms with van der Waals surface area (Å²) in [5.74, 6) is 0.0393. The van der Waals surface area contributed by atoms with Crippen molar-refractivity contribution in [2.75, 3.05) is 26.7 Å². The summed E-state index contributed by atoms with van der Waals surface area (Å²) in [6.07, 6.45) is 0. The molecular formula is C15H20N4O2. The lowest BCUT2D eigenvalue weighted by Gasteiger charge is -2.38. The van der Waals surface area contributed by atoms with E-state index in [0.29, 0.717) is 17.0 Å². The van der Waals surface area contributed by atoms with E-state index in [9.17, 15) is 4.79 Å². The van der Waals surface area contributed by atoms with Crippen LogP contribution in [0.3, 0.4) is 0 Å². The van der Waals surface area contributed by atoms with E-state index in [2.05, 4.69) is 29.0 Å². The van der Waals surface area contributed by atoms with E-state index in [-0.39, 0.29) is 11.9 Å². The molecule has 0 aliphatic carbocycles. The van der Waals surface area contributed by atoms with Crippen molar-refractivity contribution in [1.29, 1.82) is 0 Å². The third kappa shape index (κ3) is 2.40. The molecule has 112 valence electrons. The van der Waals surface area contributed by atoms with Gasteiger partial charge in [0.25, 0.3) is 11.6 Å². The van der Waals surface area contributed by atoms with Gasteiger partial charge in [0.05, 0.1) is 16.6 Å². The zero-order chi connectivity index (χ0) is 15.1. The van der Waals surface area contributed by atoms with Crippen LogP contribution in [0.5, 0.6) is 0 Å². The van der Waals surface area contributed by atoms with Gasteiger partial charge >= 0.3 is 0 Å². The standard InChI is InChI=1S/C15H20N4O2/c1-9-7-12(13-11(3)17-21-14(13)16-9)15(20)19-6-5-18(4)8-10(19)2/h7,10H,5-6,8H2,1-4H3/t10-/m0/s1. The fourth-order valence-electron chi connectivity index (χ4n) is 2.98. The Hall–Kier alpha value is -1.95. The molecule has 1 fully saturated rings. The van der Waals surface area contributed by atoms with E-state index in [1.165, 1.54) is 0 Å². The molecule has 3 heterocycles. The highest BCUT2D eigenvalue weighted by Gasteiger charge is 2.29. The predicted octanol–water partition coefficient (Wildman–Crippen LogP) is 1.62. The summed E-state index contributed by atoms with van der Waals surface area (Å²) in [6.45, 7) is 8.31. The minimum atomic E-state index is 0.0393. The number of fused-ring (bicyclic) bond motifs is 1. The molecule has 0 bridgehead atoms. The van der Waals surface area contributed by atoms with Crippen molar-refractivity contribution in [2.24, 2.45) is 0 Å². The van der Waals surface area contributed by atoms with Crippen LogP contribution in [0.25, 0.3) is 11.1 Å².